The standard InChI is InChI=1S/C19H20N4O4/c1-3-23-16-10-9-13(11-15(16)21-22-23)19(25)27-12-18(24)20-14-7-5-6-8-17(14)26-4-2/h5-11H,3-4,12H2,1-2H3,(H,20,24). The first-order valence-electron chi connectivity index (χ1n) is 8.64. The minimum atomic E-state index is -0.601. The van der Waals surface area contributed by atoms with Crippen LogP contribution in [0.4, 0.5) is 5.69 Å². The lowest BCUT2D eigenvalue weighted by atomic mass is 10.2. The molecule has 0 aliphatic heterocycles. The van der Waals surface area contributed by atoms with E-state index in [-0.39, 0.29) is 0 Å². The first kappa shape index (κ1) is 18.4. The highest BCUT2D eigenvalue weighted by Crippen LogP contribution is 2.23. The van der Waals surface area contributed by atoms with Gasteiger partial charge in [0.25, 0.3) is 5.91 Å². The van der Waals surface area contributed by atoms with Crippen LogP contribution in [0.3, 0.4) is 0 Å². The quantitative estimate of drug-likeness (QED) is 0.644. The van der Waals surface area contributed by atoms with Crippen molar-refractivity contribution < 1.29 is 19.1 Å². The number of nitrogens with one attached hydrogen (secondary N) is 1. The molecule has 1 heterocycles. The van der Waals surface area contributed by atoms with Crippen LogP contribution in [0.1, 0.15) is 24.2 Å². The summed E-state index contributed by atoms with van der Waals surface area (Å²) in [5.41, 5.74) is 2.27. The van der Waals surface area contributed by atoms with E-state index in [1.54, 1.807) is 41.1 Å². The van der Waals surface area contributed by atoms with Crippen molar-refractivity contribution in [3.63, 3.8) is 0 Å². The van der Waals surface area contributed by atoms with Gasteiger partial charge in [-0.3, -0.25) is 4.79 Å². The van der Waals surface area contributed by atoms with Gasteiger partial charge in [0.05, 0.1) is 23.4 Å². The molecule has 8 nitrogen and oxygen atoms in total. The molecule has 0 spiro atoms. The molecular formula is C19H20N4O4. The molecule has 1 aromatic heterocycles. The highest BCUT2D eigenvalue weighted by atomic mass is 16.5. The van der Waals surface area contributed by atoms with E-state index in [2.05, 4.69) is 15.6 Å². The number of para-hydroxylation sites is 2. The fraction of sp³-hybridized carbons (Fsp3) is 0.263. The van der Waals surface area contributed by atoms with Gasteiger partial charge in [0.2, 0.25) is 0 Å². The number of benzene rings is 2. The van der Waals surface area contributed by atoms with Crippen LogP contribution in [0.15, 0.2) is 42.5 Å². The molecule has 140 valence electrons. The first-order chi connectivity index (χ1) is 13.1. The summed E-state index contributed by atoms with van der Waals surface area (Å²) >= 11 is 0. The molecule has 0 bridgehead atoms. The number of ether oxygens (including phenoxy) is 2. The number of esters is 1. The molecule has 0 atom stereocenters. The zero-order valence-electron chi connectivity index (χ0n) is 15.1. The van der Waals surface area contributed by atoms with E-state index in [0.29, 0.717) is 35.7 Å². The molecule has 3 rings (SSSR count). The Morgan fingerprint density at radius 3 is 2.74 bits per heavy atom. The van der Waals surface area contributed by atoms with E-state index in [9.17, 15) is 9.59 Å². The third-order valence-electron chi connectivity index (χ3n) is 3.84. The summed E-state index contributed by atoms with van der Waals surface area (Å²) in [6.07, 6.45) is 0. The molecule has 8 heteroatoms. The molecule has 3 aromatic rings. The zero-order chi connectivity index (χ0) is 19.2. The Bertz CT molecular complexity index is 967. The van der Waals surface area contributed by atoms with Crippen molar-refractivity contribution in [3.05, 3.63) is 48.0 Å². The van der Waals surface area contributed by atoms with Crippen molar-refractivity contribution in [2.45, 2.75) is 20.4 Å². The summed E-state index contributed by atoms with van der Waals surface area (Å²) in [7, 11) is 0. The maximum Gasteiger partial charge on any atom is 0.338 e. The number of rotatable bonds is 7. The smallest absolute Gasteiger partial charge is 0.338 e. The van der Waals surface area contributed by atoms with Gasteiger partial charge >= 0.3 is 5.97 Å². The van der Waals surface area contributed by atoms with E-state index in [4.69, 9.17) is 9.47 Å². The third-order valence-corrected chi connectivity index (χ3v) is 3.84. The number of aromatic nitrogens is 3. The summed E-state index contributed by atoms with van der Waals surface area (Å²) in [5.74, 6) is -0.492. The topological polar surface area (TPSA) is 95.3 Å². The van der Waals surface area contributed by atoms with Crippen LogP contribution in [0, 0.1) is 0 Å². The fourth-order valence-electron chi connectivity index (χ4n) is 2.58. The molecule has 0 aliphatic rings. The van der Waals surface area contributed by atoms with Crippen molar-refractivity contribution in [3.8, 4) is 5.75 Å². The van der Waals surface area contributed by atoms with E-state index < -0.39 is 18.5 Å². The Kier molecular flexibility index (Phi) is 5.65. The van der Waals surface area contributed by atoms with Crippen LogP contribution in [-0.4, -0.2) is 40.1 Å². The molecular weight excluding hydrogens is 348 g/mol. The second-order valence-corrected chi connectivity index (χ2v) is 5.66. The Labute approximate surface area is 156 Å². The number of amides is 1. The van der Waals surface area contributed by atoms with Crippen LogP contribution in [0.25, 0.3) is 11.0 Å². The van der Waals surface area contributed by atoms with E-state index in [1.807, 2.05) is 19.9 Å². The summed E-state index contributed by atoms with van der Waals surface area (Å²) < 4.78 is 12.3. The van der Waals surface area contributed by atoms with Gasteiger partial charge in [0, 0.05) is 6.54 Å². The van der Waals surface area contributed by atoms with Gasteiger partial charge in [-0.25, -0.2) is 9.48 Å². The predicted octanol–water partition coefficient (Wildman–Crippen LogP) is 2.65. The van der Waals surface area contributed by atoms with Gasteiger partial charge in [-0.05, 0) is 44.2 Å². The molecule has 0 fully saturated rings. The molecule has 1 amide bonds. The number of aryl methyl sites for hydroxylation is 1. The SMILES string of the molecule is CCOc1ccccc1NC(=O)COC(=O)c1ccc2c(c1)nnn2CC. The maximum atomic E-state index is 12.2. The van der Waals surface area contributed by atoms with E-state index >= 15 is 0 Å². The lowest BCUT2D eigenvalue weighted by Gasteiger charge is -2.11. The van der Waals surface area contributed by atoms with Crippen molar-refractivity contribution in [1.29, 1.82) is 0 Å². The van der Waals surface area contributed by atoms with Gasteiger partial charge < -0.3 is 14.8 Å². The highest BCUT2D eigenvalue weighted by molar-refractivity contribution is 5.97. The number of hydrogen-bond acceptors (Lipinski definition) is 6. The molecule has 0 saturated heterocycles. The Morgan fingerprint density at radius 1 is 1.15 bits per heavy atom. The minimum Gasteiger partial charge on any atom is -0.492 e. The van der Waals surface area contributed by atoms with Crippen molar-refractivity contribution >= 4 is 28.6 Å². The van der Waals surface area contributed by atoms with Gasteiger partial charge in [-0.1, -0.05) is 17.3 Å². The van der Waals surface area contributed by atoms with E-state index in [1.165, 1.54) is 0 Å². The lowest BCUT2D eigenvalue weighted by Crippen LogP contribution is -2.21. The number of anilines is 1. The number of carbonyl (C=O) groups is 2. The van der Waals surface area contributed by atoms with Gasteiger partial charge in [-0.2, -0.15) is 0 Å². The number of carbonyl (C=O) groups excluding carboxylic acids is 2. The summed E-state index contributed by atoms with van der Waals surface area (Å²) in [6, 6.07) is 12.0. The van der Waals surface area contributed by atoms with Crippen LogP contribution in [0.5, 0.6) is 5.75 Å². The average molecular weight is 368 g/mol. The fourth-order valence-corrected chi connectivity index (χ4v) is 2.58. The van der Waals surface area contributed by atoms with Crippen LogP contribution in [0.2, 0.25) is 0 Å². The average Bonchev–Trinajstić information content (AvgIpc) is 3.10. The largest absolute Gasteiger partial charge is 0.492 e. The predicted molar refractivity (Wildman–Crippen MR) is 99.7 cm³/mol. The summed E-state index contributed by atoms with van der Waals surface area (Å²) in [5, 5.41) is 10.7. The maximum absolute atomic E-state index is 12.2. The molecule has 1 N–H and O–H groups in total. The number of nitrogens with zero attached hydrogens (tertiary/aromatic N) is 3. The van der Waals surface area contributed by atoms with Crippen LogP contribution in [-0.2, 0) is 16.1 Å². The van der Waals surface area contributed by atoms with E-state index in [0.717, 1.165) is 5.52 Å². The Morgan fingerprint density at radius 2 is 1.96 bits per heavy atom. The molecule has 0 unspecified atom stereocenters. The number of fused-ring (bicyclic) bond motifs is 1. The summed E-state index contributed by atoms with van der Waals surface area (Å²) in [6.45, 7) is 4.57. The molecule has 2 aromatic carbocycles. The van der Waals surface area contributed by atoms with Gasteiger partial charge in [-0.15, -0.1) is 5.10 Å². The van der Waals surface area contributed by atoms with Gasteiger partial charge in [0.1, 0.15) is 11.3 Å². The van der Waals surface area contributed by atoms with Crippen molar-refractivity contribution in [1.82, 2.24) is 15.0 Å². The zero-order valence-corrected chi connectivity index (χ0v) is 15.1. The molecule has 0 radical (unpaired) electrons. The van der Waals surface area contributed by atoms with Crippen molar-refractivity contribution in [2.24, 2.45) is 0 Å². The van der Waals surface area contributed by atoms with Gasteiger partial charge in [0.15, 0.2) is 6.61 Å². The van der Waals surface area contributed by atoms with Crippen molar-refractivity contribution in [2.75, 3.05) is 18.5 Å². The molecule has 0 saturated carbocycles. The van der Waals surface area contributed by atoms with Crippen LogP contribution < -0.4 is 10.1 Å². The Hall–Kier alpha value is -3.42. The lowest BCUT2D eigenvalue weighted by molar-refractivity contribution is -0.119. The highest BCUT2D eigenvalue weighted by Gasteiger charge is 2.14. The normalized spacial score (nSPS) is 10.6. The first-order valence-corrected chi connectivity index (χ1v) is 8.64. The van der Waals surface area contributed by atoms with Crippen LogP contribution >= 0.6 is 0 Å². The minimum absolute atomic E-state index is 0.313. The molecule has 27 heavy (non-hydrogen) atoms. The second kappa shape index (κ2) is 8.31. The second-order valence-electron chi connectivity index (χ2n) is 5.66. The number of hydrogen-bond donors (Lipinski definition) is 1. The monoisotopic (exact) mass is 368 g/mol. The third kappa shape index (κ3) is 4.22. The molecule has 0 aliphatic carbocycles. The summed E-state index contributed by atoms with van der Waals surface area (Å²) in [4.78, 5) is 24.3. The Balaban J connectivity index is 1.61.